The van der Waals surface area contributed by atoms with Gasteiger partial charge in [-0.2, -0.15) is 18.3 Å². The third kappa shape index (κ3) is 3.17. The first-order valence-electron chi connectivity index (χ1n) is 7.16. The number of rotatable bonds is 3. The molecule has 0 bridgehead atoms. The number of likely N-dealkylation sites (tertiary alicyclic amines) is 1. The summed E-state index contributed by atoms with van der Waals surface area (Å²) in [4.78, 5) is 6.52. The largest absolute Gasteiger partial charge is 0.435 e. The molecule has 0 atom stereocenters. The number of hydrogen-bond acceptors (Lipinski definition) is 4. The fraction of sp³-hybridized carbons (Fsp3) is 0.571. The number of H-pyrrole nitrogens is 1. The van der Waals surface area contributed by atoms with Gasteiger partial charge in [0.2, 0.25) is 0 Å². The minimum Gasteiger partial charge on any atom is -0.297 e. The van der Waals surface area contributed by atoms with E-state index in [-0.39, 0.29) is 5.56 Å². The van der Waals surface area contributed by atoms with Crippen LogP contribution >= 0.6 is 11.3 Å². The first kappa shape index (κ1) is 15.5. The number of nitrogens with one attached hydrogen (secondary N) is 1. The maximum atomic E-state index is 12.7. The number of nitrogens with zero attached hydrogens (tertiary/aromatic N) is 3. The zero-order valence-electron chi connectivity index (χ0n) is 12.2. The second kappa shape index (κ2) is 6.00. The SMILES string of the molecule is Cc1c(C(F)(F)F)n[nH]c1CN1CCC(c2cscn2)CC1. The highest BCUT2D eigenvalue weighted by Gasteiger charge is 2.36. The highest BCUT2D eigenvalue weighted by atomic mass is 32.1. The Hall–Kier alpha value is -1.41. The van der Waals surface area contributed by atoms with Crippen molar-refractivity contribution in [1.82, 2.24) is 20.1 Å². The van der Waals surface area contributed by atoms with Gasteiger partial charge in [0.05, 0.1) is 16.9 Å². The molecule has 0 amide bonds. The minimum absolute atomic E-state index is 0.203. The number of halogens is 3. The van der Waals surface area contributed by atoms with E-state index in [1.54, 1.807) is 11.3 Å². The average Bonchev–Trinajstić information content (AvgIpc) is 3.10. The van der Waals surface area contributed by atoms with E-state index < -0.39 is 11.9 Å². The Morgan fingerprint density at radius 2 is 2.09 bits per heavy atom. The van der Waals surface area contributed by atoms with Crippen molar-refractivity contribution in [2.45, 2.75) is 38.4 Å². The van der Waals surface area contributed by atoms with Crippen molar-refractivity contribution in [3.05, 3.63) is 33.5 Å². The van der Waals surface area contributed by atoms with Crippen LogP contribution in [-0.2, 0) is 12.7 Å². The van der Waals surface area contributed by atoms with Crippen LogP contribution in [0.5, 0.6) is 0 Å². The number of alkyl halides is 3. The summed E-state index contributed by atoms with van der Waals surface area (Å²) in [6.07, 6.45) is -2.41. The molecular weight excluding hydrogens is 313 g/mol. The second-order valence-corrected chi connectivity index (χ2v) is 6.36. The van der Waals surface area contributed by atoms with Crippen LogP contribution in [0.2, 0.25) is 0 Å². The standard InChI is InChI=1S/C14H17F3N4S/c1-9-11(19-20-13(9)14(15,16)17)6-21-4-2-10(3-5-21)12-7-22-8-18-12/h7-8,10H,2-6H2,1H3,(H,19,20). The summed E-state index contributed by atoms with van der Waals surface area (Å²) >= 11 is 1.60. The molecule has 0 radical (unpaired) electrons. The smallest absolute Gasteiger partial charge is 0.297 e. The van der Waals surface area contributed by atoms with Gasteiger partial charge in [-0.1, -0.05) is 0 Å². The van der Waals surface area contributed by atoms with Crippen LogP contribution in [0.15, 0.2) is 10.9 Å². The molecule has 4 nitrogen and oxygen atoms in total. The molecule has 1 fully saturated rings. The van der Waals surface area contributed by atoms with Gasteiger partial charge in [0.25, 0.3) is 0 Å². The first-order valence-corrected chi connectivity index (χ1v) is 8.11. The zero-order chi connectivity index (χ0) is 15.7. The van der Waals surface area contributed by atoms with Gasteiger partial charge < -0.3 is 0 Å². The normalized spacial score (nSPS) is 18.0. The Labute approximate surface area is 130 Å². The molecule has 3 rings (SSSR count). The Kier molecular flexibility index (Phi) is 4.22. The lowest BCUT2D eigenvalue weighted by Crippen LogP contribution is -2.32. The van der Waals surface area contributed by atoms with Crippen LogP contribution in [0.1, 0.15) is 41.4 Å². The molecule has 8 heteroatoms. The maximum Gasteiger partial charge on any atom is 0.435 e. The molecule has 0 aromatic carbocycles. The van der Waals surface area contributed by atoms with Gasteiger partial charge in [0.15, 0.2) is 5.69 Å². The van der Waals surface area contributed by atoms with E-state index in [1.165, 1.54) is 6.92 Å². The number of thiazole rings is 1. The summed E-state index contributed by atoms with van der Waals surface area (Å²) in [6, 6.07) is 0. The lowest BCUT2D eigenvalue weighted by Gasteiger charge is -2.31. The van der Waals surface area contributed by atoms with Crippen molar-refractivity contribution in [2.75, 3.05) is 13.1 Å². The van der Waals surface area contributed by atoms with Crippen LogP contribution in [0.25, 0.3) is 0 Å². The molecule has 0 saturated carbocycles. The van der Waals surface area contributed by atoms with E-state index in [9.17, 15) is 13.2 Å². The molecule has 3 heterocycles. The molecule has 0 aliphatic carbocycles. The van der Waals surface area contributed by atoms with E-state index in [0.29, 0.717) is 18.2 Å². The number of piperidine rings is 1. The summed E-state index contributed by atoms with van der Waals surface area (Å²) in [5.74, 6) is 0.469. The van der Waals surface area contributed by atoms with Crippen molar-refractivity contribution in [1.29, 1.82) is 0 Å². The van der Waals surface area contributed by atoms with Gasteiger partial charge in [0, 0.05) is 23.4 Å². The summed E-state index contributed by atoms with van der Waals surface area (Å²) < 4.78 is 38.2. The Bertz CT molecular complexity index is 613. The van der Waals surface area contributed by atoms with Gasteiger partial charge in [-0.05, 0) is 32.9 Å². The van der Waals surface area contributed by atoms with Crippen molar-refractivity contribution in [2.24, 2.45) is 0 Å². The molecule has 0 spiro atoms. The third-order valence-electron chi connectivity index (χ3n) is 4.22. The summed E-state index contributed by atoms with van der Waals surface area (Å²) in [7, 11) is 0. The van der Waals surface area contributed by atoms with Gasteiger partial charge in [-0.3, -0.25) is 10.00 Å². The predicted octanol–water partition coefficient (Wildman–Crippen LogP) is 3.57. The fourth-order valence-electron chi connectivity index (χ4n) is 2.90. The van der Waals surface area contributed by atoms with Gasteiger partial charge >= 0.3 is 6.18 Å². The van der Waals surface area contributed by atoms with Crippen molar-refractivity contribution < 1.29 is 13.2 Å². The Morgan fingerprint density at radius 3 is 2.64 bits per heavy atom. The molecule has 120 valence electrons. The second-order valence-electron chi connectivity index (χ2n) is 5.64. The summed E-state index contributed by atoms with van der Waals surface area (Å²) in [6.45, 7) is 3.69. The summed E-state index contributed by atoms with van der Waals surface area (Å²) in [5.41, 5.74) is 2.93. The monoisotopic (exact) mass is 330 g/mol. The van der Waals surface area contributed by atoms with Crippen molar-refractivity contribution in [3.63, 3.8) is 0 Å². The van der Waals surface area contributed by atoms with E-state index in [2.05, 4.69) is 25.5 Å². The zero-order valence-corrected chi connectivity index (χ0v) is 13.0. The maximum absolute atomic E-state index is 12.7. The molecule has 2 aromatic heterocycles. The number of hydrogen-bond donors (Lipinski definition) is 1. The lowest BCUT2D eigenvalue weighted by molar-refractivity contribution is -0.141. The first-order chi connectivity index (χ1) is 10.4. The van der Waals surface area contributed by atoms with Gasteiger partial charge in [-0.15, -0.1) is 11.3 Å². The van der Waals surface area contributed by atoms with E-state index in [0.717, 1.165) is 31.6 Å². The third-order valence-corrected chi connectivity index (χ3v) is 4.82. The molecule has 2 aromatic rings. The quantitative estimate of drug-likeness (QED) is 0.936. The van der Waals surface area contributed by atoms with Gasteiger partial charge in [-0.25, -0.2) is 4.98 Å². The van der Waals surface area contributed by atoms with Crippen LogP contribution in [0, 0.1) is 6.92 Å². The highest BCUT2D eigenvalue weighted by Crippen LogP contribution is 2.32. The van der Waals surface area contributed by atoms with Gasteiger partial charge in [0.1, 0.15) is 0 Å². The van der Waals surface area contributed by atoms with E-state index >= 15 is 0 Å². The predicted molar refractivity (Wildman–Crippen MR) is 77.7 cm³/mol. The van der Waals surface area contributed by atoms with Crippen LogP contribution in [0.4, 0.5) is 13.2 Å². The van der Waals surface area contributed by atoms with Crippen molar-refractivity contribution >= 4 is 11.3 Å². The molecule has 22 heavy (non-hydrogen) atoms. The highest BCUT2D eigenvalue weighted by molar-refractivity contribution is 7.07. The van der Waals surface area contributed by atoms with Crippen LogP contribution in [-0.4, -0.2) is 33.2 Å². The topological polar surface area (TPSA) is 44.8 Å². The lowest BCUT2D eigenvalue weighted by atomic mass is 9.94. The average molecular weight is 330 g/mol. The van der Waals surface area contributed by atoms with Crippen LogP contribution < -0.4 is 0 Å². The number of aromatic amines is 1. The summed E-state index contributed by atoms with van der Waals surface area (Å²) in [5, 5.41) is 8.05. The fourth-order valence-corrected chi connectivity index (χ4v) is 3.53. The molecule has 1 saturated heterocycles. The van der Waals surface area contributed by atoms with E-state index in [4.69, 9.17) is 0 Å². The number of aromatic nitrogens is 3. The Morgan fingerprint density at radius 1 is 1.36 bits per heavy atom. The Balaban J connectivity index is 1.60. The molecular formula is C14H17F3N4S. The molecule has 1 aliphatic heterocycles. The molecule has 1 N–H and O–H groups in total. The minimum atomic E-state index is -4.39. The molecule has 1 aliphatic rings. The van der Waals surface area contributed by atoms with E-state index in [1.807, 2.05) is 5.51 Å². The molecule has 0 unspecified atom stereocenters. The van der Waals surface area contributed by atoms with Crippen molar-refractivity contribution in [3.8, 4) is 0 Å². The van der Waals surface area contributed by atoms with Crippen LogP contribution in [0.3, 0.4) is 0 Å².